The maximum Gasteiger partial charge on any atom is 0.327 e. The molecular formula is C93H127N19O24S. The van der Waals surface area contributed by atoms with Gasteiger partial charge in [-0.05, 0) is 105 Å². The summed E-state index contributed by atoms with van der Waals surface area (Å²) in [6.45, 7) is 6.20. The average Bonchev–Trinajstić information content (AvgIpc) is 1.63. The number of hydrogen-bond donors (Lipinski definition) is 18. The van der Waals surface area contributed by atoms with Crippen LogP contribution in [0.2, 0.25) is 0 Å². The fraction of sp³-hybridized carbons (Fsp3) is 0.538. The van der Waals surface area contributed by atoms with Crippen LogP contribution in [0.15, 0.2) is 85.2 Å². The number of aromatic hydroxyl groups is 1. The van der Waals surface area contributed by atoms with Gasteiger partial charge in [-0.25, -0.2) is 4.79 Å². The minimum absolute atomic E-state index is 0.0389. The molecular weight excluding hydrogens is 1800 g/mol. The molecule has 3 saturated heterocycles. The van der Waals surface area contributed by atoms with E-state index in [1.807, 2.05) is 0 Å². The lowest BCUT2D eigenvalue weighted by molar-refractivity contribution is -0.150. The second-order valence-electron chi connectivity index (χ2n) is 35.2. The van der Waals surface area contributed by atoms with Crippen molar-refractivity contribution in [1.29, 1.82) is 0 Å². The Kier molecular flexibility index (Phi) is 40.8. The van der Waals surface area contributed by atoms with Gasteiger partial charge in [0.1, 0.15) is 90.8 Å². The fourth-order valence-corrected chi connectivity index (χ4v) is 17.9. The number of para-hydroxylation sites is 2. The molecule has 0 aliphatic carbocycles. The first kappa shape index (κ1) is 109. The van der Waals surface area contributed by atoms with Crippen LogP contribution in [0.3, 0.4) is 0 Å². The number of aromatic amines is 1. The van der Waals surface area contributed by atoms with Crippen LogP contribution in [0.1, 0.15) is 148 Å². The van der Waals surface area contributed by atoms with E-state index in [4.69, 9.17) is 23.6 Å². The molecule has 2 aromatic heterocycles. The summed E-state index contributed by atoms with van der Waals surface area (Å²) >= 11 is 0.614. The first-order chi connectivity index (χ1) is 65.0. The van der Waals surface area contributed by atoms with Gasteiger partial charge in [-0.1, -0.05) is 102 Å². The van der Waals surface area contributed by atoms with E-state index in [1.165, 1.54) is 63.1 Å². The molecule has 0 unspecified atom stereocenters. The number of ketones is 1. The predicted octanol–water partition coefficient (Wildman–Crippen LogP) is -1.73. The van der Waals surface area contributed by atoms with Gasteiger partial charge < -0.3 is 125 Å². The molecule has 0 radical (unpaired) electrons. The molecule has 5 aromatic rings. The number of aliphatic hydroxyl groups is 1. The van der Waals surface area contributed by atoms with Crippen LogP contribution >= 0.6 is 11.8 Å². The van der Waals surface area contributed by atoms with Crippen LogP contribution in [0.25, 0.3) is 21.8 Å². The SMILES string of the molecule is C#CC[C@H](NC(=O)[C@@H]1CSCC(=O)N[C@@H](Cc2ccc(O)cc2)C(=O)N(C)[C@@H](C)C(=O)N[C@@H](CC(N)=O)C(=O)N2CCC[C@H]2C(=O)N[C@@H](CN)C(=O)N[C@@H](CC(C)C)C(=O)N2C[C@H](O)C[C@H]2C(=O)C[C@@H](Cc2c[nH]c3ccccc23)C(=O)N[C@@H](CCN)C(=O)N[C@@H](Cc2cn(CC(=O)O)c3ccccc23)C(=O)N(C)[C@@H](CCCC)C(=O)N(C)[C@@H](CCCC)C(=O)N[C@@H](CC(=O)O)C(=O)N1)C(=O)O. The van der Waals surface area contributed by atoms with Crippen LogP contribution in [-0.2, 0) is 117 Å². The monoisotopic (exact) mass is 1930 g/mol. The molecule has 21 N–H and O–H groups in total. The highest BCUT2D eigenvalue weighted by Crippen LogP contribution is 2.31. The zero-order valence-corrected chi connectivity index (χ0v) is 78.8. The number of aliphatic carboxylic acids is 3. The molecule has 44 heteroatoms. The van der Waals surface area contributed by atoms with Gasteiger partial charge in [0.15, 0.2) is 5.78 Å². The van der Waals surface area contributed by atoms with Crippen molar-refractivity contribution in [3.8, 4) is 18.1 Å². The van der Waals surface area contributed by atoms with Crippen LogP contribution in [0.4, 0.5) is 0 Å². The Labute approximate surface area is 795 Å². The molecule has 3 aliphatic heterocycles. The van der Waals surface area contributed by atoms with Crippen molar-refractivity contribution in [1.82, 2.24) is 81.9 Å². The Morgan fingerprint density at radius 2 is 1.19 bits per heavy atom. The summed E-state index contributed by atoms with van der Waals surface area (Å²) in [6.07, 6.45) is 3.28. The summed E-state index contributed by atoms with van der Waals surface area (Å²) in [5.41, 5.74) is 20.4. The molecule has 43 nitrogen and oxygen atoms in total. The quantitative estimate of drug-likeness (QED) is 0.0260. The number of unbranched alkanes of at least 4 members (excludes halogenated alkanes) is 2. The maximum atomic E-state index is 15.9. The van der Waals surface area contributed by atoms with Crippen LogP contribution in [0, 0.1) is 24.2 Å². The lowest BCUT2D eigenvalue weighted by Gasteiger charge is -2.36. The Morgan fingerprint density at radius 3 is 1.82 bits per heavy atom. The number of aromatic nitrogens is 2. The molecule has 744 valence electrons. The number of primary amides is 1. The molecule has 0 spiro atoms. The van der Waals surface area contributed by atoms with Gasteiger partial charge >= 0.3 is 17.9 Å². The van der Waals surface area contributed by atoms with Gasteiger partial charge in [-0.15, -0.1) is 24.1 Å². The molecule has 3 aliphatic rings. The largest absolute Gasteiger partial charge is 0.508 e. The number of likely N-dealkylation sites (N-methyl/N-ethyl adjacent to an activating group) is 3. The lowest BCUT2D eigenvalue weighted by Crippen LogP contribution is -2.61. The third-order valence-electron chi connectivity index (χ3n) is 24.5. The number of carboxylic acid groups (broad SMARTS) is 3. The van der Waals surface area contributed by atoms with Gasteiger partial charge in [0.2, 0.25) is 88.6 Å². The number of amides is 15. The van der Waals surface area contributed by atoms with Crippen molar-refractivity contribution in [2.24, 2.45) is 29.0 Å². The summed E-state index contributed by atoms with van der Waals surface area (Å²) in [4.78, 5) is 284. The third-order valence-corrected chi connectivity index (χ3v) is 25.6. The lowest BCUT2D eigenvalue weighted by atomic mass is 9.90. The summed E-state index contributed by atoms with van der Waals surface area (Å²) in [5, 5.41) is 76.2. The standard InChI is InChI=1S/C93H127N19O24S/c1-10-13-24-71-86(128)101-63(42-78(118)119)83(125)106-69(85(127)100-62(20-12-3)93(135)136)48-137-49-77(117)98-65(36-52-28-30-56(113)31-29-52)88(130)107(7)51(6)80(122)102-67(41-76(96)116)90(132)111-34-19-27-72(111)87(129)105-68(43-95)84(126)103-64(35-50(4)5)91(133)112-46-57(114)40-74(112)75(115)39-53(37-54-44-97-60-23-17-15-21-58(54)60)81(123)99-61(32-33-94)82(124)104-66(89(131)109(9)73(25-14-11-2)92(134)108(71)8)38-55-45-110(47-79(120)121)70-26-18-16-22-59(55)70/h3,15-18,21-23,26,28-31,44-45,50-51,53,57,61-69,71-74,97,113-114H,10-11,13-14,19-20,24-25,27,32-43,46-49,94-95H2,1-2,4-9H3,(H2,96,116)(H,98,117)(H,99,123)(H,100,127)(H,101,128)(H,102,122)(H,103,126)(H,104,124)(H,105,129)(H,106,125)(H,118,119)(H,120,121)(H,135,136)/t51-,53+,57+,61-,62-,63-,64-,65-,66-,67-,68-,69-,71-,72-,73-,74-/m0/s1. The number of nitrogens with two attached hydrogens (primary N) is 3. The number of H-pyrrole nitrogens is 1. The minimum Gasteiger partial charge on any atom is -0.508 e. The molecule has 16 atom stereocenters. The van der Waals surface area contributed by atoms with E-state index < -0.39 is 272 Å². The van der Waals surface area contributed by atoms with Crippen molar-refractivity contribution < 1.29 is 117 Å². The van der Waals surface area contributed by atoms with Gasteiger partial charge in [-0.3, -0.25) is 86.3 Å². The number of aliphatic hydroxyl groups excluding tert-OH is 1. The van der Waals surface area contributed by atoms with E-state index >= 15 is 33.6 Å². The highest BCUT2D eigenvalue weighted by molar-refractivity contribution is 8.00. The normalized spacial score (nSPS) is 24.8. The number of Topliss-reactive ketones (excluding diaryl/α,β-unsaturated/α-hetero) is 1. The average molecular weight is 1930 g/mol. The smallest absolute Gasteiger partial charge is 0.327 e. The number of phenols is 1. The number of thioether (sulfide) groups is 1. The number of benzene rings is 3. The van der Waals surface area contributed by atoms with Crippen LogP contribution in [-0.4, -0.2) is 321 Å². The van der Waals surface area contributed by atoms with E-state index in [2.05, 4.69) is 58.8 Å². The van der Waals surface area contributed by atoms with Crippen LogP contribution in [0.5, 0.6) is 5.75 Å². The Morgan fingerprint density at radius 1 is 0.599 bits per heavy atom. The van der Waals surface area contributed by atoms with Gasteiger partial charge in [0, 0.05) is 119 Å². The molecule has 15 amide bonds. The van der Waals surface area contributed by atoms with Gasteiger partial charge in [0.05, 0.1) is 30.7 Å². The number of nitrogens with zero attached hydrogens (tertiary/aromatic N) is 6. The molecule has 0 saturated carbocycles. The summed E-state index contributed by atoms with van der Waals surface area (Å²) in [5.74, 6) is -21.8. The molecule has 0 bridgehead atoms. The van der Waals surface area contributed by atoms with Gasteiger partial charge in [-0.2, -0.15) is 0 Å². The number of nitrogens with one attached hydrogen (secondary N) is 10. The second-order valence-corrected chi connectivity index (χ2v) is 36.2. The fourth-order valence-electron chi connectivity index (χ4n) is 17.1. The zero-order chi connectivity index (χ0) is 101. The first-order valence-electron chi connectivity index (χ1n) is 45.6. The molecule has 137 heavy (non-hydrogen) atoms. The van der Waals surface area contributed by atoms with Gasteiger partial charge in [0.25, 0.3) is 0 Å². The summed E-state index contributed by atoms with van der Waals surface area (Å²) in [6, 6.07) is -4.15. The summed E-state index contributed by atoms with van der Waals surface area (Å²) < 4.78 is 1.41. The van der Waals surface area contributed by atoms with Crippen molar-refractivity contribution in [2.45, 2.75) is 247 Å². The number of carboxylic acids is 3. The van der Waals surface area contributed by atoms with Crippen molar-refractivity contribution in [2.75, 3.05) is 58.8 Å². The van der Waals surface area contributed by atoms with E-state index in [0.717, 1.165) is 24.5 Å². The minimum atomic E-state index is -2.11. The van der Waals surface area contributed by atoms with E-state index in [9.17, 15) is 83.1 Å². The van der Waals surface area contributed by atoms with E-state index in [-0.39, 0.29) is 95.4 Å². The molecule has 3 fully saturated rings. The van der Waals surface area contributed by atoms with E-state index in [1.54, 1.807) is 82.4 Å². The van der Waals surface area contributed by atoms with E-state index in [0.29, 0.717) is 63.1 Å². The predicted molar refractivity (Wildman–Crippen MR) is 499 cm³/mol. The number of rotatable bonds is 27. The number of hydrogen-bond acceptors (Lipinski definition) is 24. The third kappa shape index (κ3) is 30.0. The van der Waals surface area contributed by atoms with Crippen LogP contribution < -0.4 is 65.1 Å². The Bertz CT molecular complexity index is 5270. The Hall–Kier alpha value is -13.5. The number of fused-ring (bicyclic) bond motifs is 4. The zero-order valence-electron chi connectivity index (χ0n) is 78.0. The maximum absolute atomic E-state index is 15.9. The number of carbonyl (C=O) groups excluding carboxylic acids is 16. The number of phenolic OH excluding ortho intramolecular Hbond substituents is 1. The topological polar surface area (TPSA) is 649 Å². The molecule has 3 aromatic carbocycles. The van der Waals surface area contributed by atoms with Crippen molar-refractivity contribution in [3.05, 3.63) is 102 Å². The number of carbonyl (C=O) groups is 19. The molecule has 8 rings (SSSR count). The highest BCUT2D eigenvalue weighted by Gasteiger charge is 2.47. The first-order valence-corrected chi connectivity index (χ1v) is 46.8. The summed E-state index contributed by atoms with van der Waals surface area (Å²) in [7, 11) is 3.67. The number of terminal acetylenes is 1. The Balaban J connectivity index is 1.22. The second kappa shape index (κ2) is 51.4. The highest BCUT2D eigenvalue weighted by atomic mass is 32.2. The molecule has 5 heterocycles. The van der Waals surface area contributed by atoms with Crippen molar-refractivity contribution >= 4 is 146 Å². The van der Waals surface area contributed by atoms with Crippen molar-refractivity contribution in [3.63, 3.8) is 0 Å².